The van der Waals surface area contributed by atoms with E-state index in [9.17, 15) is 9.18 Å². The van der Waals surface area contributed by atoms with Crippen molar-refractivity contribution in [1.82, 2.24) is 29.7 Å². The third kappa shape index (κ3) is 5.55. The molecule has 6 rings (SSSR count). The number of nitrogens with one attached hydrogen (secondary N) is 2. The van der Waals surface area contributed by atoms with Crippen LogP contribution in [0.2, 0.25) is 0 Å². The van der Waals surface area contributed by atoms with E-state index >= 15 is 0 Å². The molecule has 2 aliphatic rings. The van der Waals surface area contributed by atoms with E-state index in [1.165, 1.54) is 5.57 Å². The minimum Gasteiger partial charge on any atom is -0.340 e. The van der Waals surface area contributed by atoms with Crippen LogP contribution in [-0.2, 0) is 4.79 Å². The second-order valence-corrected chi connectivity index (χ2v) is 13.2. The molecule has 1 saturated heterocycles. The van der Waals surface area contributed by atoms with Crippen molar-refractivity contribution >= 4 is 64.8 Å². The number of carbonyl (C=O) groups is 1. The lowest BCUT2D eigenvalue weighted by atomic mass is 9.89. The fraction of sp³-hybridized carbons (Fsp3) is 0.429. The number of nitrogens with zero attached hydrogens (tertiary/aromatic N) is 5. The molecule has 3 aromatic heterocycles. The molecule has 0 saturated carbocycles. The monoisotopic (exact) mass is 565 g/mol. The zero-order valence-corrected chi connectivity index (χ0v) is 24.2. The van der Waals surface area contributed by atoms with Gasteiger partial charge in [-0.05, 0) is 62.9 Å². The largest absolute Gasteiger partial charge is 0.340 e. The molecule has 1 fully saturated rings. The van der Waals surface area contributed by atoms with Crippen molar-refractivity contribution in [2.24, 2.45) is 5.41 Å². The predicted octanol–water partition coefficient (Wildman–Crippen LogP) is 5.59. The molecule has 1 atom stereocenters. The van der Waals surface area contributed by atoms with Crippen molar-refractivity contribution < 1.29 is 9.18 Å². The molecular weight excluding hydrogens is 532 g/mol. The number of amides is 1. The number of halogens is 1. The minimum atomic E-state index is -1.17. The van der Waals surface area contributed by atoms with E-state index in [2.05, 4.69) is 57.6 Å². The summed E-state index contributed by atoms with van der Waals surface area (Å²) >= 11 is 1.61. The van der Waals surface area contributed by atoms with Crippen LogP contribution >= 0.6 is 20.6 Å². The number of piperidine rings is 1. The minimum absolute atomic E-state index is 0.146. The van der Waals surface area contributed by atoms with Gasteiger partial charge in [-0.15, -0.1) is 11.3 Å². The average molecular weight is 566 g/mol. The van der Waals surface area contributed by atoms with Crippen LogP contribution in [-0.4, -0.2) is 73.8 Å². The summed E-state index contributed by atoms with van der Waals surface area (Å²) in [5.74, 6) is 0.887. The topological polar surface area (TPSA) is 90.0 Å². The van der Waals surface area contributed by atoms with Gasteiger partial charge in [0, 0.05) is 44.1 Å². The fourth-order valence-corrected chi connectivity index (χ4v) is 6.49. The van der Waals surface area contributed by atoms with Crippen molar-refractivity contribution in [2.75, 3.05) is 38.0 Å². The van der Waals surface area contributed by atoms with E-state index in [0.29, 0.717) is 45.6 Å². The van der Waals surface area contributed by atoms with Gasteiger partial charge in [-0.1, -0.05) is 15.3 Å². The summed E-state index contributed by atoms with van der Waals surface area (Å²) in [5.41, 5.74) is 6.19. The van der Waals surface area contributed by atoms with Crippen LogP contribution in [0.15, 0.2) is 42.2 Å². The Bertz CT molecular complexity index is 1550. The first-order valence-corrected chi connectivity index (χ1v) is 14.8. The number of carbonyl (C=O) groups excluding carboxylic acids is 1. The van der Waals surface area contributed by atoms with Crippen molar-refractivity contribution in [2.45, 2.75) is 38.5 Å². The Labute approximate surface area is 233 Å². The number of thiazole rings is 1. The summed E-state index contributed by atoms with van der Waals surface area (Å²) in [5, 5.41) is 3.18. The zero-order chi connectivity index (χ0) is 27.2. The maximum absolute atomic E-state index is 14.2. The number of alkyl halides is 1. The second-order valence-electron chi connectivity index (χ2n) is 11.3. The Balaban J connectivity index is 1.14. The second kappa shape index (κ2) is 10.2. The van der Waals surface area contributed by atoms with E-state index in [1.807, 2.05) is 36.4 Å². The van der Waals surface area contributed by atoms with Gasteiger partial charge in [-0.25, -0.2) is 19.3 Å². The summed E-state index contributed by atoms with van der Waals surface area (Å²) in [7, 11) is 2.34. The third-order valence-electron chi connectivity index (χ3n) is 7.75. The highest BCUT2D eigenvalue weighted by molar-refractivity contribution is 7.18. The highest BCUT2D eigenvalue weighted by Crippen LogP contribution is 2.35. The number of aromatic amines is 1. The maximum atomic E-state index is 14.2. The molecule has 11 heteroatoms. The average Bonchev–Trinajstić information content (AvgIpc) is 3.57. The molecule has 2 N–H and O–H groups in total. The molecule has 0 aliphatic carbocycles. The van der Waals surface area contributed by atoms with Gasteiger partial charge in [0.2, 0.25) is 5.91 Å². The van der Waals surface area contributed by atoms with Gasteiger partial charge in [0.1, 0.15) is 23.2 Å². The number of H-pyrrole nitrogens is 1. The molecule has 1 unspecified atom stereocenters. The van der Waals surface area contributed by atoms with Gasteiger partial charge in [-0.3, -0.25) is 4.79 Å². The van der Waals surface area contributed by atoms with Gasteiger partial charge >= 0.3 is 0 Å². The summed E-state index contributed by atoms with van der Waals surface area (Å²) in [6.07, 6.45) is 5.43. The highest BCUT2D eigenvalue weighted by Gasteiger charge is 2.37. The molecule has 5 heterocycles. The van der Waals surface area contributed by atoms with Crippen molar-refractivity contribution in [1.29, 1.82) is 0 Å². The number of aromatic nitrogens is 4. The van der Waals surface area contributed by atoms with Crippen molar-refractivity contribution in [3.63, 3.8) is 0 Å². The number of likely N-dealkylation sites (tertiary alicyclic amines) is 1. The molecule has 0 bridgehead atoms. The van der Waals surface area contributed by atoms with Gasteiger partial charge in [0.15, 0.2) is 0 Å². The van der Waals surface area contributed by atoms with Crippen LogP contribution in [0.5, 0.6) is 0 Å². The first-order valence-electron chi connectivity index (χ1n) is 13.3. The maximum Gasteiger partial charge on any atom is 0.229 e. The van der Waals surface area contributed by atoms with E-state index in [1.54, 1.807) is 17.7 Å². The Morgan fingerprint density at radius 1 is 1.21 bits per heavy atom. The van der Waals surface area contributed by atoms with Crippen molar-refractivity contribution in [3.05, 3.63) is 47.9 Å². The molecule has 39 heavy (non-hydrogen) atoms. The van der Waals surface area contributed by atoms with E-state index < -0.39 is 10.8 Å². The molecule has 8 nitrogen and oxygen atoms in total. The number of rotatable bonds is 6. The van der Waals surface area contributed by atoms with Crippen LogP contribution < -0.4 is 5.32 Å². The summed E-state index contributed by atoms with van der Waals surface area (Å²) in [6.45, 7) is 7.24. The Morgan fingerprint density at radius 2 is 2.03 bits per heavy atom. The molecule has 1 amide bonds. The number of hydrogen-bond donors (Lipinski definition) is 2. The Kier molecular flexibility index (Phi) is 6.90. The lowest BCUT2D eigenvalue weighted by Gasteiger charge is -2.40. The Hall–Kier alpha value is -2.94. The number of benzene rings is 1. The van der Waals surface area contributed by atoms with Gasteiger partial charge in [-0.2, -0.15) is 0 Å². The van der Waals surface area contributed by atoms with Gasteiger partial charge < -0.3 is 20.1 Å². The lowest BCUT2D eigenvalue weighted by molar-refractivity contribution is -0.141. The summed E-state index contributed by atoms with van der Waals surface area (Å²) < 4.78 is 15.3. The summed E-state index contributed by atoms with van der Waals surface area (Å²) in [4.78, 5) is 34.3. The molecule has 4 aromatic rings. The fourth-order valence-electron chi connectivity index (χ4n) is 5.52. The number of hydrogen-bond acceptors (Lipinski definition) is 7. The first kappa shape index (κ1) is 26.3. The normalized spacial score (nSPS) is 18.5. The van der Waals surface area contributed by atoms with Crippen LogP contribution in [0.1, 0.15) is 38.8 Å². The van der Waals surface area contributed by atoms with Gasteiger partial charge in [0.05, 0.1) is 26.5 Å². The molecule has 204 valence electrons. The molecule has 0 radical (unpaired) electrons. The van der Waals surface area contributed by atoms with Crippen LogP contribution in [0, 0.1) is 5.41 Å². The SMILES string of the molecule is CC(C)(CN1CCC(F)(P)CC1)C(=O)N1CC=C(c2cc3c(Nc4ccc5ncsc5c4)ncnc3[nH]2)CC1. The van der Waals surface area contributed by atoms with Crippen molar-refractivity contribution in [3.8, 4) is 0 Å². The highest BCUT2D eigenvalue weighted by atomic mass is 32.1. The molecule has 1 aromatic carbocycles. The van der Waals surface area contributed by atoms with Crippen LogP contribution in [0.3, 0.4) is 0 Å². The predicted molar refractivity (Wildman–Crippen MR) is 159 cm³/mol. The quantitative estimate of drug-likeness (QED) is 0.296. The van der Waals surface area contributed by atoms with Crippen LogP contribution in [0.4, 0.5) is 15.9 Å². The third-order valence-corrected chi connectivity index (χ3v) is 9.12. The molecular formula is C28H33FN7OPS. The molecule has 2 aliphatic heterocycles. The van der Waals surface area contributed by atoms with E-state index in [-0.39, 0.29) is 5.91 Å². The smallest absolute Gasteiger partial charge is 0.229 e. The Morgan fingerprint density at radius 3 is 2.79 bits per heavy atom. The first-order chi connectivity index (χ1) is 18.7. The number of anilines is 2. The van der Waals surface area contributed by atoms with Crippen LogP contribution in [0.25, 0.3) is 26.8 Å². The van der Waals surface area contributed by atoms with E-state index in [4.69, 9.17) is 0 Å². The lowest BCUT2D eigenvalue weighted by Crippen LogP contribution is -2.50. The standard InChI is InChI=1S/C28H33FN7OPS/c1-27(2,15-35-11-7-28(29,38)8-12-35)26(37)36-9-5-18(6-10-36)22-14-20-24(30-16-31-25(20)34-22)33-19-3-4-21-23(13-19)39-17-32-21/h3-5,13-14,16-17H,6-12,15,38H2,1-2H3,(H2,30,31,33,34). The summed E-state index contributed by atoms with van der Waals surface area (Å²) in [6, 6.07) is 8.17. The van der Waals surface area contributed by atoms with E-state index in [0.717, 1.165) is 44.9 Å². The zero-order valence-electron chi connectivity index (χ0n) is 22.2. The van der Waals surface area contributed by atoms with Gasteiger partial charge in [0.25, 0.3) is 0 Å². The molecule has 0 spiro atoms. The number of fused-ring (bicyclic) bond motifs is 2.